The van der Waals surface area contributed by atoms with E-state index in [4.69, 9.17) is 11.6 Å². The van der Waals surface area contributed by atoms with Gasteiger partial charge in [-0.1, -0.05) is 31.5 Å². The van der Waals surface area contributed by atoms with Crippen LogP contribution >= 0.6 is 11.6 Å². The molecule has 2 rings (SSSR count). The average Bonchev–Trinajstić information content (AvgIpc) is 2.33. The first-order chi connectivity index (χ1) is 9.38. The van der Waals surface area contributed by atoms with E-state index in [2.05, 4.69) is 5.32 Å². The van der Waals surface area contributed by atoms with Crippen LogP contribution in [0.15, 0.2) is 18.2 Å². The molecule has 5 heteroatoms. The highest BCUT2D eigenvalue weighted by molar-refractivity contribution is 6.34. The third-order valence-corrected chi connectivity index (χ3v) is 3.60. The van der Waals surface area contributed by atoms with E-state index < -0.39 is 6.04 Å². The van der Waals surface area contributed by atoms with Crippen molar-refractivity contribution in [3.63, 3.8) is 0 Å². The molecule has 1 unspecified atom stereocenters. The summed E-state index contributed by atoms with van der Waals surface area (Å²) in [5.41, 5.74) is 1.62. The van der Waals surface area contributed by atoms with Crippen LogP contribution in [-0.4, -0.2) is 24.4 Å². The van der Waals surface area contributed by atoms with Crippen LogP contribution in [0.5, 0.6) is 0 Å². The van der Waals surface area contributed by atoms with Crippen molar-refractivity contribution >= 4 is 29.1 Å². The highest BCUT2D eigenvalue weighted by Gasteiger charge is 2.34. The van der Waals surface area contributed by atoms with Gasteiger partial charge in [0.1, 0.15) is 12.6 Å². The number of carbonyl (C=O) groups is 2. The molecule has 1 atom stereocenters. The predicted molar refractivity (Wildman–Crippen MR) is 79.9 cm³/mol. The van der Waals surface area contributed by atoms with Crippen LogP contribution < -0.4 is 10.2 Å². The van der Waals surface area contributed by atoms with E-state index in [0.717, 1.165) is 5.56 Å². The Morgan fingerprint density at radius 2 is 2.10 bits per heavy atom. The van der Waals surface area contributed by atoms with E-state index in [1.54, 1.807) is 12.1 Å². The Morgan fingerprint density at radius 3 is 2.70 bits per heavy atom. The molecular formula is C15H19ClN2O2. The molecule has 1 fully saturated rings. The van der Waals surface area contributed by atoms with Crippen LogP contribution in [0.25, 0.3) is 0 Å². The van der Waals surface area contributed by atoms with Gasteiger partial charge in [0, 0.05) is 0 Å². The molecule has 0 bridgehead atoms. The first-order valence-electron chi connectivity index (χ1n) is 6.75. The SMILES string of the molecule is Cc1ccc(N2CC(=O)NC(CC(C)C)C2=O)c(Cl)c1. The number of nitrogens with one attached hydrogen (secondary N) is 1. The maximum atomic E-state index is 12.5. The zero-order valence-electron chi connectivity index (χ0n) is 11.9. The second-order valence-corrected chi connectivity index (χ2v) is 6.04. The van der Waals surface area contributed by atoms with Crippen molar-refractivity contribution < 1.29 is 9.59 Å². The summed E-state index contributed by atoms with van der Waals surface area (Å²) >= 11 is 6.20. The minimum atomic E-state index is -0.464. The van der Waals surface area contributed by atoms with Crippen molar-refractivity contribution in [3.8, 4) is 0 Å². The van der Waals surface area contributed by atoms with Crippen LogP contribution in [0.2, 0.25) is 5.02 Å². The number of nitrogens with zero attached hydrogens (tertiary/aromatic N) is 1. The Morgan fingerprint density at radius 1 is 1.40 bits per heavy atom. The van der Waals surface area contributed by atoms with Gasteiger partial charge in [-0.05, 0) is 37.0 Å². The van der Waals surface area contributed by atoms with E-state index >= 15 is 0 Å². The molecule has 108 valence electrons. The lowest BCUT2D eigenvalue weighted by Gasteiger charge is -2.33. The molecule has 1 aliphatic rings. The van der Waals surface area contributed by atoms with Crippen LogP contribution in [0, 0.1) is 12.8 Å². The normalized spacial score (nSPS) is 19.4. The van der Waals surface area contributed by atoms with E-state index in [1.165, 1.54) is 4.90 Å². The summed E-state index contributed by atoms with van der Waals surface area (Å²) in [5.74, 6) is 0.0913. The van der Waals surface area contributed by atoms with Gasteiger partial charge in [0.15, 0.2) is 0 Å². The largest absolute Gasteiger partial charge is 0.343 e. The van der Waals surface area contributed by atoms with Gasteiger partial charge in [0.05, 0.1) is 10.7 Å². The number of halogens is 1. The molecule has 1 aromatic rings. The fourth-order valence-corrected chi connectivity index (χ4v) is 2.71. The van der Waals surface area contributed by atoms with Crippen LogP contribution in [0.1, 0.15) is 25.8 Å². The molecule has 0 spiro atoms. The summed E-state index contributed by atoms with van der Waals surface area (Å²) in [6.45, 7) is 6.01. The molecule has 1 aromatic carbocycles. The zero-order valence-corrected chi connectivity index (χ0v) is 12.7. The number of piperazine rings is 1. The van der Waals surface area contributed by atoms with Gasteiger partial charge in [0.25, 0.3) is 0 Å². The first-order valence-corrected chi connectivity index (χ1v) is 7.13. The Balaban J connectivity index is 2.30. The number of carbonyl (C=O) groups excluding carboxylic acids is 2. The number of aryl methyl sites for hydroxylation is 1. The Bertz CT molecular complexity index is 543. The van der Waals surface area contributed by atoms with Gasteiger partial charge in [0.2, 0.25) is 11.8 Å². The van der Waals surface area contributed by atoms with Crippen LogP contribution in [-0.2, 0) is 9.59 Å². The lowest BCUT2D eigenvalue weighted by atomic mass is 10.0. The summed E-state index contributed by atoms with van der Waals surface area (Å²) in [6.07, 6.45) is 0.630. The van der Waals surface area contributed by atoms with Crippen molar-refractivity contribution in [1.29, 1.82) is 0 Å². The molecule has 4 nitrogen and oxygen atoms in total. The number of anilines is 1. The number of hydrogen-bond acceptors (Lipinski definition) is 2. The van der Waals surface area contributed by atoms with Gasteiger partial charge < -0.3 is 5.32 Å². The van der Waals surface area contributed by atoms with Gasteiger partial charge in [-0.3, -0.25) is 14.5 Å². The van der Waals surface area contributed by atoms with Crippen molar-refractivity contribution in [2.24, 2.45) is 5.92 Å². The Hall–Kier alpha value is -1.55. The van der Waals surface area contributed by atoms with Crippen molar-refractivity contribution in [2.45, 2.75) is 33.2 Å². The van der Waals surface area contributed by atoms with Crippen molar-refractivity contribution in [2.75, 3.05) is 11.4 Å². The molecule has 20 heavy (non-hydrogen) atoms. The predicted octanol–water partition coefficient (Wildman–Crippen LogP) is 2.53. The minimum absolute atomic E-state index is 0.0240. The number of hydrogen-bond donors (Lipinski definition) is 1. The Labute approximate surface area is 124 Å². The molecule has 2 amide bonds. The monoisotopic (exact) mass is 294 g/mol. The van der Waals surface area contributed by atoms with Gasteiger partial charge >= 0.3 is 0 Å². The van der Waals surface area contributed by atoms with Crippen molar-refractivity contribution in [1.82, 2.24) is 5.32 Å². The highest BCUT2D eigenvalue weighted by Crippen LogP contribution is 2.28. The third-order valence-electron chi connectivity index (χ3n) is 3.30. The van der Waals surface area contributed by atoms with E-state index in [1.807, 2.05) is 26.8 Å². The topological polar surface area (TPSA) is 49.4 Å². The molecule has 1 heterocycles. The number of benzene rings is 1. The highest BCUT2D eigenvalue weighted by atomic mass is 35.5. The molecule has 1 N–H and O–H groups in total. The van der Waals surface area contributed by atoms with Crippen LogP contribution in [0.4, 0.5) is 5.69 Å². The summed E-state index contributed by atoms with van der Waals surface area (Å²) in [7, 11) is 0. The number of rotatable bonds is 3. The van der Waals surface area contributed by atoms with Crippen molar-refractivity contribution in [3.05, 3.63) is 28.8 Å². The summed E-state index contributed by atoms with van der Waals surface area (Å²) in [6, 6.07) is 5.02. The lowest BCUT2D eigenvalue weighted by Crippen LogP contribution is -2.58. The first kappa shape index (κ1) is 14.9. The molecule has 0 radical (unpaired) electrons. The molecule has 1 saturated heterocycles. The quantitative estimate of drug-likeness (QED) is 0.931. The van der Waals surface area contributed by atoms with E-state index in [9.17, 15) is 9.59 Å². The van der Waals surface area contributed by atoms with Crippen LogP contribution in [0.3, 0.4) is 0 Å². The average molecular weight is 295 g/mol. The second kappa shape index (κ2) is 5.83. The third kappa shape index (κ3) is 3.12. The Kier molecular flexibility index (Phi) is 4.33. The fraction of sp³-hybridized carbons (Fsp3) is 0.467. The van der Waals surface area contributed by atoms with Gasteiger partial charge in [-0.2, -0.15) is 0 Å². The molecule has 1 aliphatic heterocycles. The zero-order chi connectivity index (χ0) is 14.9. The minimum Gasteiger partial charge on any atom is -0.343 e. The summed E-state index contributed by atoms with van der Waals surface area (Å²) in [5, 5.41) is 3.25. The van der Waals surface area contributed by atoms with Gasteiger partial charge in [-0.25, -0.2) is 0 Å². The molecular weight excluding hydrogens is 276 g/mol. The molecule has 0 saturated carbocycles. The fourth-order valence-electron chi connectivity index (χ4n) is 2.38. The second-order valence-electron chi connectivity index (χ2n) is 5.63. The molecule has 0 aromatic heterocycles. The maximum absolute atomic E-state index is 12.5. The van der Waals surface area contributed by atoms with E-state index in [0.29, 0.717) is 23.0 Å². The smallest absolute Gasteiger partial charge is 0.250 e. The summed E-state index contributed by atoms with van der Waals surface area (Å²) in [4.78, 5) is 25.8. The molecule has 0 aliphatic carbocycles. The van der Waals surface area contributed by atoms with E-state index in [-0.39, 0.29) is 18.4 Å². The standard InChI is InChI=1S/C15H19ClN2O2/c1-9(2)6-12-15(20)18(8-14(19)17-12)13-5-4-10(3)7-11(13)16/h4-5,7,9,12H,6,8H2,1-3H3,(H,17,19). The van der Waals surface area contributed by atoms with Gasteiger partial charge in [-0.15, -0.1) is 0 Å². The lowest BCUT2D eigenvalue weighted by molar-refractivity contribution is -0.131. The number of amides is 2. The maximum Gasteiger partial charge on any atom is 0.250 e. The summed E-state index contributed by atoms with van der Waals surface area (Å²) < 4.78 is 0.